The highest BCUT2D eigenvalue weighted by Gasteiger charge is 2.52. The Hall–Kier alpha value is -0.365. The Balaban J connectivity index is 1.69. The van der Waals surface area contributed by atoms with E-state index in [-0.39, 0.29) is 26.2 Å². The van der Waals surface area contributed by atoms with E-state index in [9.17, 15) is 0 Å². The minimum atomic E-state index is -0.275. The SMILES string of the molecule is CC1(C)OB(c2ccccc2P(C2CCCCC2)C2CCCCC2)OC1(C)C. The normalized spacial score (nSPS) is 26.1. The Labute approximate surface area is 174 Å². The molecule has 4 rings (SSSR count). The van der Waals surface area contributed by atoms with Gasteiger partial charge in [-0.3, -0.25) is 0 Å². The van der Waals surface area contributed by atoms with Crippen molar-refractivity contribution in [1.82, 2.24) is 0 Å². The molecule has 0 spiro atoms. The minimum absolute atomic E-state index is 0.151. The molecule has 28 heavy (non-hydrogen) atoms. The van der Waals surface area contributed by atoms with Crippen molar-refractivity contribution in [2.45, 2.75) is 114 Å². The second-order valence-corrected chi connectivity index (χ2v) is 12.9. The van der Waals surface area contributed by atoms with E-state index in [1.807, 2.05) is 0 Å². The van der Waals surface area contributed by atoms with Gasteiger partial charge in [0, 0.05) is 0 Å². The van der Waals surface area contributed by atoms with E-state index in [0.717, 1.165) is 11.3 Å². The maximum Gasteiger partial charge on any atom is 0.495 e. The summed E-state index contributed by atoms with van der Waals surface area (Å²) >= 11 is 0. The summed E-state index contributed by atoms with van der Waals surface area (Å²) in [6, 6.07) is 9.15. The van der Waals surface area contributed by atoms with Gasteiger partial charge in [-0.05, 0) is 75.5 Å². The molecule has 154 valence electrons. The molecule has 0 amide bonds. The fourth-order valence-electron chi connectivity index (χ4n) is 5.30. The topological polar surface area (TPSA) is 18.5 Å². The number of hydrogen-bond donors (Lipinski definition) is 0. The summed E-state index contributed by atoms with van der Waals surface area (Å²) in [5.41, 5.74) is 2.57. The molecule has 1 heterocycles. The molecule has 0 N–H and O–H groups in total. The van der Waals surface area contributed by atoms with Crippen molar-refractivity contribution in [3.8, 4) is 0 Å². The van der Waals surface area contributed by atoms with E-state index < -0.39 is 0 Å². The number of benzene rings is 1. The molecule has 3 aliphatic rings. The summed E-state index contributed by atoms with van der Waals surface area (Å²) in [6.07, 6.45) is 14.3. The highest BCUT2D eigenvalue weighted by atomic mass is 31.1. The van der Waals surface area contributed by atoms with Crippen LogP contribution in [0.15, 0.2) is 24.3 Å². The molecule has 2 nitrogen and oxygen atoms in total. The van der Waals surface area contributed by atoms with Crippen LogP contribution in [-0.2, 0) is 9.31 Å². The van der Waals surface area contributed by atoms with Gasteiger partial charge in [0.25, 0.3) is 0 Å². The molecule has 0 radical (unpaired) electrons. The molecule has 0 bridgehead atoms. The van der Waals surface area contributed by atoms with E-state index in [4.69, 9.17) is 9.31 Å². The van der Waals surface area contributed by atoms with Crippen molar-refractivity contribution in [2.75, 3.05) is 0 Å². The lowest BCUT2D eigenvalue weighted by Gasteiger charge is -2.39. The van der Waals surface area contributed by atoms with Crippen LogP contribution in [-0.4, -0.2) is 29.6 Å². The van der Waals surface area contributed by atoms with Crippen LogP contribution in [0.25, 0.3) is 0 Å². The molecule has 4 heteroatoms. The van der Waals surface area contributed by atoms with Crippen molar-refractivity contribution in [3.63, 3.8) is 0 Å². The zero-order chi connectivity index (χ0) is 19.8. The maximum atomic E-state index is 6.50. The summed E-state index contributed by atoms with van der Waals surface area (Å²) in [6.45, 7) is 8.67. The Morgan fingerprint density at radius 1 is 0.750 bits per heavy atom. The minimum Gasteiger partial charge on any atom is -0.399 e. The van der Waals surface area contributed by atoms with Crippen LogP contribution in [0.3, 0.4) is 0 Å². The number of hydrogen-bond acceptors (Lipinski definition) is 2. The molecule has 1 aromatic rings. The molecule has 1 saturated heterocycles. The quantitative estimate of drug-likeness (QED) is 0.473. The van der Waals surface area contributed by atoms with Gasteiger partial charge in [-0.2, -0.15) is 0 Å². The monoisotopic (exact) mass is 400 g/mol. The molecular formula is C24H38BO2P. The molecule has 2 saturated carbocycles. The highest BCUT2D eigenvalue weighted by molar-refractivity contribution is 7.67. The summed E-state index contributed by atoms with van der Waals surface area (Å²) in [4.78, 5) is 0. The zero-order valence-electron chi connectivity index (χ0n) is 18.4. The van der Waals surface area contributed by atoms with Crippen LogP contribution in [0.1, 0.15) is 91.9 Å². The van der Waals surface area contributed by atoms with Crippen molar-refractivity contribution in [1.29, 1.82) is 0 Å². The summed E-state index contributed by atoms with van der Waals surface area (Å²) < 4.78 is 13.0. The van der Waals surface area contributed by atoms with E-state index >= 15 is 0 Å². The van der Waals surface area contributed by atoms with Gasteiger partial charge in [0.2, 0.25) is 0 Å². The predicted octanol–water partition coefficient (Wildman–Crippen LogP) is 5.76. The average molecular weight is 400 g/mol. The van der Waals surface area contributed by atoms with Crippen LogP contribution >= 0.6 is 7.92 Å². The van der Waals surface area contributed by atoms with Crippen LogP contribution < -0.4 is 10.8 Å². The summed E-state index contributed by atoms with van der Waals surface area (Å²) in [7, 11) is -0.374. The first-order chi connectivity index (χ1) is 13.4. The second-order valence-electron chi connectivity index (χ2n) is 10.1. The Morgan fingerprint density at radius 3 is 1.71 bits per heavy atom. The van der Waals surface area contributed by atoms with Gasteiger partial charge < -0.3 is 9.31 Å². The molecule has 0 aromatic heterocycles. The van der Waals surface area contributed by atoms with E-state index in [1.165, 1.54) is 69.7 Å². The molecule has 0 unspecified atom stereocenters. The molecular weight excluding hydrogens is 362 g/mol. The Bertz CT molecular complexity index is 628. The van der Waals surface area contributed by atoms with Gasteiger partial charge in [-0.1, -0.05) is 70.7 Å². The lowest BCUT2D eigenvalue weighted by Crippen LogP contribution is -2.44. The van der Waals surface area contributed by atoms with Gasteiger partial charge in [-0.25, -0.2) is 0 Å². The third kappa shape index (κ3) is 4.10. The maximum absolute atomic E-state index is 6.50. The molecule has 0 atom stereocenters. The number of rotatable bonds is 4. The highest BCUT2D eigenvalue weighted by Crippen LogP contribution is 2.54. The summed E-state index contributed by atoms with van der Waals surface area (Å²) in [5, 5.41) is 1.59. The predicted molar refractivity (Wildman–Crippen MR) is 122 cm³/mol. The average Bonchev–Trinajstić information content (AvgIpc) is 2.91. The van der Waals surface area contributed by atoms with Crippen molar-refractivity contribution in [3.05, 3.63) is 24.3 Å². The second kappa shape index (κ2) is 8.40. The van der Waals surface area contributed by atoms with Crippen LogP contribution in [0.4, 0.5) is 0 Å². The summed E-state index contributed by atoms with van der Waals surface area (Å²) in [5.74, 6) is 0. The van der Waals surface area contributed by atoms with E-state index in [2.05, 4.69) is 52.0 Å². The van der Waals surface area contributed by atoms with Crippen molar-refractivity contribution >= 4 is 25.8 Å². The third-order valence-corrected chi connectivity index (χ3v) is 11.2. The van der Waals surface area contributed by atoms with Gasteiger partial charge in [0.15, 0.2) is 0 Å². The first-order valence-corrected chi connectivity index (χ1v) is 13.1. The van der Waals surface area contributed by atoms with Gasteiger partial charge in [0.1, 0.15) is 0 Å². The lowest BCUT2D eigenvalue weighted by molar-refractivity contribution is 0.00578. The van der Waals surface area contributed by atoms with Crippen LogP contribution in [0.5, 0.6) is 0 Å². The first-order valence-electron chi connectivity index (χ1n) is 11.6. The standard InChI is InChI=1S/C24H38BO2P/c1-23(2)24(3,4)27-25(26-23)21-17-11-12-18-22(21)28(19-13-7-5-8-14-19)20-15-9-6-10-16-20/h11-12,17-20H,5-10,13-16H2,1-4H3. The largest absolute Gasteiger partial charge is 0.495 e. The van der Waals surface area contributed by atoms with E-state index in [1.54, 1.807) is 5.30 Å². The molecule has 1 aliphatic heterocycles. The molecule has 3 fully saturated rings. The van der Waals surface area contributed by atoms with Crippen molar-refractivity contribution in [2.24, 2.45) is 0 Å². The molecule has 2 aliphatic carbocycles. The Kier molecular flexibility index (Phi) is 6.27. The van der Waals surface area contributed by atoms with Gasteiger partial charge in [0.05, 0.1) is 11.2 Å². The molecule has 1 aromatic carbocycles. The van der Waals surface area contributed by atoms with Crippen molar-refractivity contribution < 1.29 is 9.31 Å². The zero-order valence-corrected chi connectivity index (χ0v) is 19.3. The fourth-order valence-corrected chi connectivity index (χ4v) is 9.26. The van der Waals surface area contributed by atoms with Crippen LogP contribution in [0, 0.1) is 0 Å². The lowest BCUT2D eigenvalue weighted by atomic mass is 9.79. The smallest absolute Gasteiger partial charge is 0.399 e. The van der Waals surface area contributed by atoms with Gasteiger partial charge >= 0.3 is 7.12 Å². The van der Waals surface area contributed by atoms with Crippen LogP contribution in [0.2, 0.25) is 0 Å². The van der Waals surface area contributed by atoms with Gasteiger partial charge in [-0.15, -0.1) is 0 Å². The fraction of sp³-hybridized carbons (Fsp3) is 0.750. The first kappa shape index (κ1) is 20.9. The third-order valence-electron chi connectivity index (χ3n) is 7.66. The Morgan fingerprint density at radius 2 is 1.21 bits per heavy atom. The van der Waals surface area contributed by atoms with E-state index in [0.29, 0.717) is 0 Å².